The third-order valence-electron chi connectivity index (χ3n) is 7.07. The summed E-state index contributed by atoms with van der Waals surface area (Å²) in [6.45, 7) is 16.6. The molecule has 0 aliphatic carbocycles. The zero-order valence-corrected chi connectivity index (χ0v) is 22.6. The van der Waals surface area contributed by atoms with Gasteiger partial charge in [-0.25, -0.2) is 9.78 Å². The Labute approximate surface area is 213 Å². The molecule has 1 atom stereocenters. The van der Waals surface area contributed by atoms with Gasteiger partial charge >= 0.3 is 6.09 Å². The fourth-order valence-corrected chi connectivity index (χ4v) is 4.55. The molecule has 1 aromatic carbocycles. The number of hydrogen-bond donors (Lipinski definition) is 2. The Morgan fingerprint density at radius 3 is 2.39 bits per heavy atom. The summed E-state index contributed by atoms with van der Waals surface area (Å²) < 4.78 is 7.50. The highest BCUT2D eigenvalue weighted by Crippen LogP contribution is 2.34. The number of carbonyl (C=O) groups excluding carboxylic acids is 2. The number of pyridine rings is 1. The van der Waals surface area contributed by atoms with E-state index in [2.05, 4.69) is 42.7 Å². The maximum atomic E-state index is 13.4. The van der Waals surface area contributed by atoms with E-state index in [0.717, 1.165) is 22.7 Å². The van der Waals surface area contributed by atoms with Crippen molar-refractivity contribution < 1.29 is 14.3 Å². The Balaban J connectivity index is 1.61. The van der Waals surface area contributed by atoms with Crippen LogP contribution in [0.1, 0.15) is 62.2 Å². The summed E-state index contributed by atoms with van der Waals surface area (Å²) in [7, 11) is 0. The molecule has 1 aliphatic rings. The van der Waals surface area contributed by atoms with Crippen molar-refractivity contribution in [2.45, 2.75) is 79.5 Å². The van der Waals surface area contributed by atoms with Crippen LogP contribution < -0.4 is 10.6 Å². The quantitative estimate of drug-likeness (QED) is 0.491. The van der Waals surface area contributed by atoms with E-state index < -0.39 is 17.2 Å². The van der Waals surface area contributed by atoms with E-state index in [1.165, 1.54) is 21.6 Å². The fourth-order valence-electron chi connectivity index (χ4n) is 4.55. The third kappa shape index (κ3) is 4.76. The number of rotatable bonds is 5. The van der Waals surface area contributed by atoms with Crippen molar-refractivity contribution in [2.24, 2.45) is 0 Å². The van der Waals surface area contributed by atoms with Crippen molar-refractivity contribution in [3.8, 4) is 0 Å². The molecule has 2 aromatic heterocycles. The normalized spacial score (nSPS) is 17.6. The number of aromatic nitrogens is 2. The Bertz CT molecular complexity index is 1320. The van der Waals surface area contributed by atoms with Gasteiger partial charge < -0.3 is 19.8 Å². The van der Waals surface area contributed by atoms with Gasteiger partial charge in [-0.1, -0.05) is 18.2 Å². The minimum atomic E-state index is -0.969. The van der Waals surface area contributed by atoms with E-state index in [4.69, 9.17) is 9.72 Å². The minimum absolute atomic E-state index is 0.242. The number of benzene rings is 1. The smallest absolute Gasteiger partial charge is 0.411 e. The van der Waals surface area contributed by atoms with Gasteiger partial charge in [0.25, 0.3) is 0 Å². The van der Waals surface area contributed by atoms with Crippen LogP contribution in [-0.2, 0) is 16.1 Å². The molecule has 4 rings (SSSR count). The molecule has 192 valence electrons. The average molecular weight is 492 g/mol. The molecule has 0 unspecified atom stereocenters. The summed E-state index contributed by atoms with van der Waals surface area (Å²) in [5.74, 6) is -0.242. The Hall–Kier alpha value is -3.55. The van der Waals surface area contributed by atoms with Crippen LogP contribution in [0.4, 0.5) is 16.2 Å². The molecule has 1 saturated heterocycles. The van der Waals surface area contributed by atoms with Gasteiger partial charge in [-0.15, -0.1) is 0 Å². The summed E-state index contributed by atoms with van der Waals surface area (Å²) in [6.07, 6.45) is 1.98. The van der Waals surface area contributed by atoms with E-state index in [-0.39, 0.29) is 5.91 Å². The number of anilines is 2. The Kier molecular flexibility index (Phi) is 6.49. The number of imidazole rings is 1. The van der Waals surface area contributed by atoms with Crippen molar-refractivity contribution in [2.75, 3.05) is 17.2 Å². The van der Waals surface area contributed by atoms with Crippen LogP contribution in [0, 0.1) is 27.7 Å². The minimum Gasteiger partial charge on any atom is -0.444 e. The van der Waals surface area contributed by atoms with Crippen LogP contribution in [0.5, 0.6) is 0 Å². The van der Waals surface area contributed by atoms with Crippen molar-refractivity contribution >= 4 is 29.0 Å². The van der Waals surface area contributed by atoms with Gasteiger partial charge in [-0.05, 0) is 84.6 Å². The van der Waals surface area contributed by atoms with E-state index in [1.807, 2.05) is 51.3 Å². The topological polar surface area (TPSA) is 88.0 Å². The molecule has 2 N–H and O–H groups in total. The Morgan fingerprint density at radius 2 is 1.81 bits per heavy atom. The van der Waals surface area contributed by atoms with Crippen LogP contribution in [0.15, 0.2) is 30.5 Å². The monoisotopic (exact) mass is 491 g/mol. The Morgan fingerprint density at radius 1 is 1.14 bits per heavy atom. The summed E-state index contributed by atoms with van der Waals surface area (Å²) in [5.41, 5.74) is 6.28. The van der Waals surface area contributed by atoms with Crippen LogP contribution in [0.2, 0.25) is 0 Å². The average Bonchev–Trinajstić information content (AvgIpc) is 3.04. The largest absolute Gasteiger partial charge is 0.444 e. The van der Waals surface area contributed by atoms with E-state index in [0.29, 0.717) is 25.2 Å². The van der Waals surface area contributed by atoms with Gasteiger partial charge in [0, 0.05) is 25.0 Å². The fraction of sp³-hybridized carbons (Fsp3) is 0.464. The zero-order valence-electron chi connectivity index (χ0n) is 22.6. The summed E-state index contributed by atoms with van der Waals surface area (Å²) >= 11 is 0. The first kappa shape index (κ1) is 25.5. The molecular formula is C28H37N5O3. The first-order valence-corrected chi connectivity index (χ1v) is 12.4. The van der Waals surface area contributed by atoms with Gasteiger partial charge in [-0.3, -0.25) is 9.69 Å². The molecule has 1 aliphatic heterocycles. The predicted molar refractivity (Wildman–Crippen MR) is 143 cm³/mol. The number of fused-ring (bicyclic) bond motifs is 1. The van der Waals surface area contributed by atoms with E-state index >= 15 is 0 Å². The number of ether oxygens (including phenoxy) is 1. The summed E-state index contributed by atoms with van der Waals surface area (Å²) in [4.78, 5) is 32.3. The standard InChI is InChI=1S/C28H37N5O3/c1-17-10-9-11-18(2)22(17)15-29-23-14-21(16-32-20(4)19(3)30-24(23)32)31-25(34)28(8)12-13-33(28)26(35)36-27(5,6)7/h9-11,14,16,29H,12-13,15H2,1-8H3,(H,31,34)/t28-/m1/s1. The van der Waals surface area contributed by atoms with E-state index in [9.17, 15) is 9.59 Å². The molecular weight excluding hydrogens is 454 g/mol. The third-order valence-corrected chi connectivity index (χ3v) is 7.07. The molecule has 8 nitrogen and oxygen atoms in total. The lowest BCUT2D eigenvalue weighted by atomic mass is 9.86. The molecule has 0 bridgehead atoms. The highest BCUT2D eigenvalue weighted by molar-refractivity contribution is 6.01. The SMILES string of the molecule is Cc1cccc(C)c1CNc1cc(NC(=O)[C@@]2(C)CCN2C(=O)OC(C)(C)C)cn2c(C)c(C)nc12. The number of carbonyl (C=O) groups is 2. The number of likely N-dealkylation sites (tertiary alicyclic amines) is 1. The van der Waals surface area contributed by atoms with Crippen molar-refractivity contribution in [3.05, 3.63) is 58.5 Å². The summed E-state index contributed by atoms with van der Waals surface area (Å²) in [6, 6.07) is 8.18. The molecule has 0 radical (unpaired) electrons. The van der Waals surface area contributed by atoms with Gasteiger partial charge in [0.2, 0.25) is 5.91 Å². The molecule has 0 spiro atoms. The first-order valence-electron chi connectivity index (χ1n) is 12.4. The lowest BCUT2D eigenvalue weighted by Gasteiger charge is -2.48. The maximum absolute atomic E-state index is 13.4. The van der Waals surface area contributed by atoms with Crippen LogP contribution in [0.3, 0.4) is 0 Å². The highest BCUT2D eigenvalue weighted by atomic mass is 16.6. The highest BCUT2D eigenvalue weighted by Gasteiger charge is 2.51. The molecule has 2 amide bonds. The second-order valence-corrected chi connectivity index (χ2v) is 11.0. The lowest BCUT2D eigenvalue weighted by molar-refractivity contribution is -0.134. The summed E-state index contributed by atoms with van der Waals surface area (Å²) in [5, 5.41) is 6.59. The second-order valence-electron chi connectivity index (χ2n) is 11.0. The molecule has 3 aromatic rings. The van der Waals surface area contributed by atoms with Crippen LogP contribution in [0.25, 0.3) is 5.65 Å². The number of hydrogen-bond acceptors (Lipinski definition) is 5. The van der Waals surface area contributed by atoms with Crippen LogP contribution in [-0.4, -0.2) is 44.0 Å². The number of amides is 2. The molecule has 1 fully saturated rings. The second kappa shape index (κ2) is 9.15. The predicted octanol–water partition coefficient (Wildman–Crippen LogP) is 5.52. The van der Waals surface area contributed by atoms with Crippen molar-refractivity contribution in [1.29, 1.82) is 0 Å². The van der Waals surface area contributed by atoms with E-state index in [1.54, 1.807) is 6.92 Å². The van der Waals surface area contributed by atoms with Gasteiger partial charge in [0.1, 0.15) is 11.1 Å². The van der Waals surface area contributed by atoms with Gasteiger partial charge in [-0.2, -0.15) is 0 Å². The van der Waals surface area contributed by atoms with Gasteiger partial charge in [0.05, 0.1) is 17.1 Å². The first-order chi connectivity index (χ1) is 16.8. The number of nitrogens with zero attached hydrogens (tertiary/aromatic N) is 3. The van der Waals surface area contributed by atoms with Crippen molar-refractivity contribution in [1.82, 2.24) is 14.3 Å². The van der Waals surface area contributed by atoms with Crippen LogP contribution >= 0.6 is 0 Å². The lowest BCUT2D eigenvalue weighted by Crippen LogP contribution is -2.66. The molecule has 36 heavy (non-hydrogen) atoms. The zero-order chi connectivity index (χ0) is 26.4. The maximum Gasteiger partial charge on any atom is 0.411 e. The molecule has 8 heteroatoms. The van der Waals surface area contributed by atoms with Crippen molar-refractivity contribution in [3.63, 3.8) is 0 Å². The number of aryl methyl sites for hydroxylation is 4. The van der Waals surface area contributed by atoms with Gasteiger partial charge in [0.15, 0.2) is 5.65 Å². The number of nitrogens with one attached hydrogen (secondary N) is 2. The molecule has 0 saturated carbocycles. The molecule has 3 heterocycles.